The predicted molar refractivity (Wildman–Crippen MR) is 126 cm³/mol. The van der Waals surface area contributed by atoms with Gasteiger partial charge in [-0.05, 0) is 36.6 Å². The van der Waals surface area contributed by atoms with Crippen LogP contribution in [0.2, 0.25) is 0 Å². The molecule has 2 aromatic heterocycles. The van der Waals surface area contributed by atoms with E-state index in [1.165, 1.54) is 0 Å². The van der Waals surface area contributed by atoms with E-state index in [0.717, 1.165) is 55.5 Å². The molecule has 2 heterocycles. The van der Waals surface area contributed by atoms with Crippen LogP contribution in [0.3, 0.4) is 0 Å². The molecule has 9 nitrogen and oxygen atoms in total. The molecule has 0 radical (unpaired) electrons. The maximum Gasteiger partial charge on any atom is 0.303 e. The van der Waals surface area contributed by atoms with Crippen LogP contribution in [0.5, 0.6) is 0 Å². The quantitative estimate of drug-likeness (QED) is 0.265. The lowest BCUT2D eigenvalue weighted by atomic mass is 10.1. The summed E-state index contributed by atoms with van der Waals surface area (Å²) in [7, 11) is 0. The Hall–Kier alpha value is -3.75. The molecule has 0 bridgehead atoms. The first-order valence-electron chi connectivity index (χ1n) is 11.2. The lowest BCUT2D eigenvalue weighted by Gasteiger charge is -2.10. The Labute approximate surface area is 193 Å². The van der Waals surface area contributed by atoms with Crippen molar-refractivity contribution >= 4 is 23.3 Å². The number of nitrogen functional groups attached to an aromatic ring is 1. The summed E-state index contributed by atoms with van der Waals surface area (Å²) >= 11 is 0. The molecule has 3 rings (SSSR count). The SMILES string of the molecule is Nc1ccc(-c2cccnc2)cc1NC(=O)CCc1cn(CCCCCCCC(=O)O)nn1. The monoisotopic (exact) mass is 450 g/mol. The number of aromatic nitrogens is 4. The molecule has 0 aliphatic carbocycles. The van der Waals surface area contributed by atoms with E-state index in [1.807, 2.05) is 30.5 Å². The van der Waals surface area contributed by atoms with E-state index in [9.17, 15) is 9.59 Å². The molecule has 0 saturated heterocycles. The lowest BCUT2D eigenvalue weighted by Crippen LogP contribution is -2.13. The van der Waals surface area contributed by atoms with Gasteiger partial charge in [0.15, 0.2) is 0 Å². The standard InChI is InChI=1S/C24H30N6O3/c25-21-11-9-18(19-7-6-13-26-16-19)15-22(21)27-23(31)12-10-20-17-30(29-28-20)14-5-3-1-2-4-8-24(32)33/h6-7,9,11,13,15-17H,1-5,8,10,12,14,25H2,(H,27,31)(H,32,33). The molecule has 0 saturated carbocycles. The van der Waals surface area contributed by atoms with Gasteiger partial charge in [0.05, 0.1) is 17.1 Å². The first kappa shape index (κ1) is 23.9. The van der Waals surface area contributed by atoms with E-state index in [2.05, 4.69) is 20.6 Å². The highest BCUT2D eigenvalue weighted by atomic mass is 16.4. The molecule has 0 aliphatic rings. The number of carboxylic acid groups (broad SMARTS) is 1. The molecule has 0 spiro atoms. The van der Waals surface area contributed by atoms with Crippen molar-refractivity contribution in [2.45, 2.75) is 57.9 Å². The number of anilines is 2. The normalized spacial score (nSPS) is 10.8. The molecule has 0 atom stereocenters. The molecular formula is C24H30N6O3. The summed E-state index contributed by atoms with van der Waals surface area (Å²) in [6.45, 7) is 0.760. The van der Waals surface area contributed by atoms with Gasteiger partial charge in [-0.3, -0.25) is 19.3 Å². The molecule has 3 aromatic rings. The van der Waals surface area contributed by atoms with Crippen LogP contribution >= 0.6 is 0 Å². The number of nitrogens with two attached hydrogens (primary N) is 1. The zero-order chi connectivity index (χ0) is 23.5. The summed E-state index contributed by atoms with van der Waals surface area (Å²) in [4.78, 5) is 27.1. The van der Waals surface area contributed by atoms with Crippen LogP contribution in [-0.2, 0) is 22.6 Å². The van der Waals surface area contributed by atoms with Gasteiger partial charge in [0, 0.05) is 50.0 Å². The smallest absolute Gasteiger partial charge is 0.303 e. The third kappa shape index (κ3) is 8.03. The van der Waals surface area contributed by atoms with Gasteiger partial charge in [-0.2, -0.15) is 0 Å². The number of hydrogen-bond acceptors (Lipinski definition) is 6. The van der Waals surface area contributed by atoms with Crippen molar-refractivity contribution in [2.24, 2.45) is 0 Å². The van der Waals surface area contributed by atoms with Crippen LogP contribution in [0.25, 0.3) is 11.1 Å². The summed E-state index contributed by atoms with van der Waals surface area (Å²) in [5.41, 5.74) is 9.77. The zero-order valence-corrected chi connectivity index (χ0v) is 18.6. The summed E-state index contributed by atoms with van der Waals surface area (Å²) in [6, 6.07) is 9.33. The van der Waals surface area contributed by atoms with Crippen LogP contribution in [0.1, 0.15) is 50.6 Å². The largest absolute Gasteiger partial charge is 0.481 e. The predicted octanol–water partition coefficient (Wildman–Crippen LogP) is 3.92. The van der Waals surface area contributed by atoms with Crippen molar-refractivity contribution < 1.29 is 14.7 Å². The Morgan fingerprint density at radius 1 is 1.03 bits per heavy atom. The molecule has 1 aromatic carbocycles. The molecule has 174 valence electrons. The Balaban J connectivity index is 1.41. The second-order valence-electron chi connectivity index (χ2n) is 7.98. The highest BCUT2D eigenvalue weighted by Gasteiger charge is 2.10. The number of rotatable bonds is 13. The zero-order valence-electron chi connectivity index (χ0n) is 18.6. The Kier molecular flexibility index (Phi) is 8.93. The first-order chi connectivity index (χ1) is 16.0. The number of pyridine rings is 1. The number of benzene rings is 1. The highest BCUT2D eigenvalue weighted by molar-refractivity contribution is 5.95. The van der Waals surface area contributed by atoms with E-state index < -0.39 is 5.97 Å². The van der Waals surface area contributed by atoms with Crippen LogP contribution in [-0.4, -0.2) is 37.0 Å². The van der Waals surface area contributed by atoms with Gasteiger partial charge >= 0.3 is 5.97 Å². The number of unbranched alkanes of at least 4 members (excludes halogenated alkanes) is 4. The summed E-state index contributed by atoms with van der Waals surface area (Å²) in [6.07, 6.45) is 11.0. The van der Waals surface area contributed by atoms with Gasteiger partial charge in [-0.25, -0.2) is 0 Å². The fraction of sp³-hybridized carbons (Fsp3) is 0.375. The Morgan fingerprint density at radius 3 is 2.64 bits per heavy atom. The molecule has 0 unspecified atom stereocenters. The maximum absolute atomic E-state index is 12.5. The summed E-state index contributed by atoms with van der Waals surface area (Å²) < 4.78 is 1.79. The number of carboxylic acids is 1. The highest BCUT2D eigenvalue weighted by Crippen LogP contribution is 2.27. The summed E-state index contributed by atoms with van der Waals surface area (Å²) in [5.74, 6) is -0.874. The Bertz CT molecular complexity index is 1050. The molecule has 4 N–H and O–H groups in total. The third-order valence-corrected chi connectivity index (χ3v) is 5.29. The van der Waals surface area contributed by atoms with Crippen molar-refractivity contribution in [2.75, 3.05) is 11.1 Å². The minimum absolute atomic E-state index is 0.138. The number of nitrogens with one attached hydrogen (secondary N) is 1. The van der Waals surface area contributed by atoms with Gasteiger partial charge < -0.3 is 16.2 Å². The number of aliphatic carboxylic acids is 1. The number of carbonyl (C=O) groups excluding carboxylic acids is 1. The molecule has 33 heavy (non-hydrogen) atoms. The van der Waals surface area contributed by atoms with Crippen LogP contribution < -0.4 is 11.1 Å². The van der Waals surface area contributed by atoms with Crippen molar-refractivity contribution in [3.63, 3.8) is 0 Å². The number of carbonyl (C=O) groups is 2. The average Bonchev–Trinajstić information content (AvgIpc) is 3.27. The topological polar surface area (TPSA) is 136 Å². The number of aryl methyl sites for hydroxylation is 2. The molecule has 9 heteroatoms. The summed E-state index contributed by atoms with van der Waals surface area (Å²) in [5, 5.41) is 19.8. The minimum Gasteiger partial charge on any atom is -0.481 e. The van der Waals surface area contributed by atoms with Crippen molar-refractivity contribution in [1.29, 1.82) is 0 Å². The second-order valence-corrected chi connectivity index (χ2v) is 7.98. The van der Waals surface area contributed by atoms with E-state index in [4.69, 9.17) is 10.8 Å². The lowest BCUT2D eigenvalue weighted by molar-refractivity contribution is -0.137. The van der Waals surface area contributed by atoms with E-state index in [0.29, 0.717) is 17.8 Å². The minimum atomic E-state index is -0.736. The van der Waals surface area contributed by atoms with Crippen molar-refractivity contribution in [3.05, 3.63) is 54.6 Å². The van der Waals surface area contributed by atoms with Gasteiger partial charge in [-0.15, -0.1) is 5.10 Å². The Morgan fingerprint density at radius 2 is 1.85 bits per heavy atom. The fourth-order valence-corrected chi connectivity index (χ4v) is 3.47. The molecule has 0 aliphatic heterocycles. The van der Waals surface area contributed by atoms with Gasteiger partial charge in [0.1, 0.15) is 0 Å². The van der Waals surface area contributed by atoms with Crippen LogP contribution in [0, 0.1) is 0 Å². The van der Waals surface area contributed by atoms with Gasteiger partial charge in [0.2, 0.25) is 5.91 Å². The molecule has 1 amide bonds. The average molecular weight is 451 g/mol. The van der Waals surface area contributed by atoms with E-state index >= 15 is 0 Å². The first-order valence-corrected chi connectivity index (χ1v) is 11.2. The number of nitrogens with zero attached hydrogens (tertiary/aromatic N) is 4. The van der Waals surface area contributed by atoms with Crippen molar-refractivity contribution in [3.8, 4) is 11.1 Å². The van der Waals surface area contributed by atoms with Gasteiger partial charge in [-0.1, -0.05) is 36.6 Å². The van der Waals surface area contributed by atoms with Crippen LogP contribution in [0.15, 0.2) is 48.9 Å². The second kappa shape index (κ2) is 12.3. The number of amides is 1. The third-order valence-electron chi connectivity index (χ3n) is 5.29. The maximum atomic E-state index is 12.5. The van der Waals surface area contributed by atoms with Crippen LogP contribution in [0.4, 0.5) is 11.4 Å². The fourth-order valence-electron chi connectivity index (χ4n) is 3.47. The number of hydrogen-bond donors (Lipinski definition) is 3. The van der Waals surface area contributed by atoms with Gasteiger partial charge in [0.25, 0.3) is 0 Å². The van der Waals surface area contributed by atoms with E-state index in [1.54, 1.807) is 23.1 Å². The molecular weight excluding hydrogens is 420 g/mol. The molecule has 0 fully saturated rings. The van der Waals surface area contributed by atoms with E-state index in [-0.39, 0.29) is 18.7 Å². The van der Waals surface area contributed by atoms with Crippen molar-refractivity contribution in [1.82, 2.24) is 20.0 Å².